The molecular formula is C26H27N5O3. The predicted molar refractivity (Wildman–Crippen MR) is 128 cm³/mol. The van der Waals surface area contributed by atoms with Crippen molar-refractivity contribution >= 4 is 22.6 Å². The van der Waals surface area contributed by atoms with E-state index in [9.17, 15) is 9.59 Å². The van der Waals surface area contributed by atoms with Crippen molar-refractivity contribution in [3.05, 3.63) is 74.8 Å². The Labute approximate surface area is 196 Å². The first kappa shape index (κ1) is 21.0. The van der Waals surface area contributed by atoms with E-state index in [4.69, 9.17) is 4.74 Å². The molecule has 2 aromatic heterocycles. The molecule has 0 bridgehead atoms. The van der Waals surface area contributed by atoms with Gasteiger partial charge in [0.2, 0.25) is 5.65 Å². The number of nitrogens with zero attached hydrogens (tertiary/aromatic N) is 4. The second-order valence-electron chi connectivity index (χ2n) is 9.30. The van der Waals surface area contributed by atoms with Crippen LogP contribution in [0.4, 0.5) is 0 Å². The van der Waals surface area contributed by atoms with Crippen LogP contribution >= 0.6 is 0 Å². The maximum atomic E-state index is 13.6. The number of benzene rings is 2. The summed E-state index contributed by atoms with van der Waals surface area (Å²) >= 11 is 0. The van der Waals surface area contributed by atoms with Crippen LogP contribution in [0, 0.1) is 6.92 Å². The zero-order valence-corrected chi connectivity index (χ0v) is 19.2. The lowest BCUT2D eigenvalue weighted by Gasteiger charge is -2.22. The third kappa shape index (κ3) is 3.49. The highest BCUT2D eigenvalue weighted by Crippen LogP contribution is 2.28. The Morgan fingerprint density at radius 1 is 1.06 bits per heavy atom. The van der Waals surface area contributed by atoms with Crippen molar-refractivity contribution in [2.75, 3.05) is 26.3 Å². The lowest BCUT2D eigenvalue weighted by Crippen LogP contribution is -2.33. The summed E-state index contributed by atoms with van der Waals surface area (Å²) in [4.78, 5) is 31.3. The number of carbonyl (C=O) groups excluding carboxylic acids is 1. The molecule has 0 atom stereocenters. The number of aryl methyl sites for hydroxylation is 1. The van der Waals surface area contributed by atoms with Crippen molar-refractivity contribution in [2.24, 2.45) is 0 Å². The van der Waals surface area contributed by atoms with Gasteiger partial charge in [-0.05, 0) is 61.4 Å². The van der Waals surface area contributed by atoms with Crippen LogP contribution in [0.1, 0.15) is 51.6 Å². The van der Waals surface area contributed by atoms with E-state index in [-0.39, 0.29) is 23.0 Å². The van der Waals surface area contributed by atoms with Gasteiger partial charge >= 0.3 is 0 Å². The molecule has 2 aliphatic heterocycles. The van der Waals surface area contributed by atoms with Crippen molar-refractivity contribution in [3.63, 3.8) is 0 Å². The molecule has 174 valence electrons. The van der Waals surface area contributed by atoms with Gasteiger partial charge in [-0.1, -0.05) is 24.3 Å². The number of aromatic amines is 1. The zero-order chi connectivity index (χ0) is 23.2. The molecule has 4 aromatic rings. The van der Waals surface area contributed by atoms with Gasteiger partial charge in [0.1, 0.15) is 5.82 Å². The number of rotatable bonds is 2. The van der Waals surface area contributed by atoms with E-state index >= 15 is 0 Å². The maximum Gasteiger partial charge on any atom is 0.294 e. The molecule has 1 N–H and O–H groups in total. The molecule has 8 nitrogen and oxygen atoms in total. The topological polar surface area (TPSA) is 92.6 Å². The average molecular weight is 458 g/mol. The van der Waals surface area contributed by atoms with E-state index in [1.54, 1.807) is 0 Å². The molecule has 8 heteroatoms. The fourth-order valence-electron chi connectivity index (χ4n) is 5.33. The van der Waals surface area contributed by atoms with Crippen molar-refractivity contribution in [3.8, 4) is 0 Å². The number of aromatic nitrogens is 4. The van der Waals surface area contributed by atoms with Crippen LogP contribution in [0.3, 0.4) is 0 Å². The van der Waals surface area contributed by atoms with Crippen LogP contribution in [0.25, 0.3) is 16.7 Å². The minimum atomic E-state index is -0.300. The molecule has 0 unspecified atom stereocenters. The standard InChI is InChI=1S/C26H27N5O3/c1-16-14-22-21(27-25(32)24-29-28-23(31(22)24)19-8-12-34-13-9-19)15-20(16)26(33)30-10-6-17-4-2-3-5-18(17)7-11-30/h2-5,14-15,19H,6-13H2,1H3,(H,27,32). The molecule has 1 fully saturated rings. The van der Waals surface area contributed by atoms with Gasteiger partial charge in [0.05, 0.1) is 11.0 Å². The van der Waals surface area contributed by atoms with E-state index in [0.29, 0.717) is 37.4 Å². The Hall–Kier alpha value is -3.52. The lowest BCUT2D eigenvalue weighted by molar-refractivity contribution is 0.0762. The highest BCUT2D eigenvalue weighted by molar-refractivity contribution is 5.99. The monoisotopic (exact) mass is 457 g/mol. The van der Waals surface area contributed by atoms with E-state index in [1.165, 1.54) is 11.1 Å². The SMILES string of the molecule is Cc1cc2c(cc1C(=O)N1CCc3ccccc3CC1)[nH]c(=O)c1nnc(C3CCOCC3)n12. The molecule has 0 aliphatic carbocycles. The second-order valence-corrected chi connectivity index (χ2v) is 9.30. The molecule has 34 heavy (non-hydrogen) atoms. The highest BCUT2D eigenvalue weighted by Gasteiger charge is 2.25. The summed E-state index contributed by atoms with van der Waals surface area (Å²) in [7, 11) is 0. The maximum absolute atomic E-state index is 13.6. The Morgan fingerprint density at radius 2 is 1.76 bits per heavy atom. The fraction of sp³-hybridized carbons (Fsp3) is 0.385. The number of hydrogen-bond acceptors (Lipinski definition) is 5. The summed E-state index contributed by atoms with van der Waals surface area (Å²) in [5, 5.41) is 8.57. The van der Waals surface area contributed by atoms with Crippen LogP contribution in [0.5, 0.6) is 0 Å². The smallest absolute Gasteiger partial charge is 0.294 e. The largest absolute Gasteiger partial charge is 0.381 e. The summed E-state index contributed by atoms with van der Waals surface area (Å²) in [5.41, 5.74) is 5.55. The number of nitrogens with one attached hydrogen (secondary N) is 1. The summed E-state index contributed by atoms with van der Waals surface area (Å²) in [6, 6.07) is 12.2. The highest BCUT2D eigenvalue weighted by atomic mass is 16.5. The van der Waals surface area contributed by atoms with Gasteiger partial charge in [0.25, 0.3) is 11.5 Å². The van der Waals surface area contributed by atoms with Crippen molar-refractivity contribution in [2.45, 2.75) is 38.5 Å². The number of hydrogen-bond donors (Lipinski definition) is 1. The van der Waals surface area contributed by atoms with E-state index in [2.05, 4.69) is 39.4 Å². The minimum absolute atomic E-state index is 0.00145. The molecule has 1 saturated heterocycles. The van der Waals surface area contributed by atoms with E-state index in [1.807, 2.05) is 28.4 Å². The van der Waals surface area contributed by atoms with Gasteiger partial charge in [0.15, 0.2) is 0 Å². The molecule has 0 radical (unpaired) electrons. The first-order valence-corrected chi connectivity index (χ1v) is 12.0. The molecule has 2 aromatic carbocycles. The number of amides is 1. The quantitative estimate of drug-likeness (QED) is 0.500. The molecule has 2 aliphatic rings. The van der Waals surface area contributed by atoms with Crippen LogP contribution in [-0.4, -0.2) is 56.7 Å². The van der Waals surface area contributed by atoms with Gasteiger partial charge in [-0.3, -0.25) is 14.0 Å². The minimum Gasteiger partial charge on any atom is -0.381 e. The number of carbonyl (C=O) groups is 1. The summed E-state index contributed by atoms with van der Waals surface area (Å²) in [6.07, 6.45) is 3.40. The normalized spacial score (nSPS) is 17.1. The molecular weight excluding hydrogens is 430 g/mol. The van der Waals surface area contributed by atoms with Crippen molar-refractivity contribution < 1.29 is 9.53 Å². The summed E-state index contributed by atoms with van der Waals surface area (Å²) in [6.45, 7) is 4.68. The first-order valence-electron chi connectivity index (χ1n) is 12.0. The van der Waals surface area contributed by atoms with Gasteiger partial charge in [-0.15, -0.1) is 10.2 Å². The molecule has 6 rings (SSSR count). The molecule has 4 heterocycles. The Bertz CT molecular complexity index is 1440. The third-order valence-electron chi connectivity index (χ3n) is 7.25. The van der Waals surface area contributed by atoms with Gasteiger partial charge in [-0.2, -0.15) is 0 Å². The third-order valence-corrected chi connectivity index (χ3v) is 7.25. The first-order chi connectivity index (χ1) is 16.6. The van der Waals surface area contributed by atoms with Crippen molar-refractivity contribution in [1.82, 2.24) is 24.5 Å². The van der Waals surface area contributed by atoms with Gasteiger partial charge in [-0.25, -0.2) is 0 Å². The van der Waals surface area contributed by atoms with Crippen LogP contribution in [0.2, 0.25) is 0 Å². The Kier molecular flexibility index (Phi) is 5.17. The average Bonchev–Trinajstić information content (AvgIpc) is 3.20. The number of fused-ring (bicyclic) bond motifs is 4. The zero-order valence-electron chi connectivity index (χ0n) is 19.2. The van der Waals surface area contributed by atoms with Crippen LogP contribution < -0.4 is 5.56 Å². The van der Waals surface area contributed by atoms with Gasteiger partial charge in [0, 0.05) is 37.8 Å². The predicted octanol–water partition coefficient (Wildman–Crippen LogP) is 3.01. The summed E-state index contributed by atoms with van der Waals surface area (Å²) < 4.78 is 7.37. The lowest BCUT2D eigenvalue weighted by atomic mass is 9.99. The Morgan fingerprint density at radius 3 is 2.47 bits per heavy atom. The van der Waals surface area contributed by atoms with Crippen LogP contribution in [0.15, 0.2) is 41.2 Å². The van der Waals surface area contributed by atoms with Crippen LogP contribution in [-0.2, 0) is 17.6 Å². The molecule has 0 saturated carbocycles. The number of ether oxygens (including phenoxy) is 1. The fourth-order valence-corrected chi connectivity index (χ4v) is 5.33. The molecule has 0 spiro atoms. The summed E-state index contributed by atoms with van der Waals surface area (Å²) in [5.74, 6) is 0.980. The Balaban J connectivity index is 1.40. The second kappa shape index (κ2) is 8.36. The van der Waals surface area contributed by atoms with E-state index < -0.39 is 0 Å². The van der Waals surface area contributed by atoms with Gasteiger partial charge < -0.3 is 14.6 Å². The van der Waals surface area contributed by atoms with Crippen molar-refractivity contribution in [1.29, 1.82) is 0 Å². The molecule has 1 amide bonds. The van der Waals surface area contributed by atoms with E-state index in [0.717, 1.165) is 42.6 Å². The number of H-pyrrole nitrogens is 1.